The second-order valence-electron chi connectivity index (χ2n) is 2.86. The molecule has 0 radical (unpaired) electrons. The topological polar surface area (TPSA) is 100 Å². The van der Waals surface area contributed by atoms with Crippen molar-refractivity contribution in [2.24, 2.45) is 0 Å². The first kappa shape index (κ1) is 9.02. The lowest BCUT2D eigenvalue weighted by atomic mass is 10.3. The van der Waals surface area contributed by atoms with Crippen molar-refractivity contribution < 1.29 is 4.79 Å². The molecule has 0 amide bonds. The Kier molecular flexibility index (Phi) is 1.99. The van der Waals surface area contributed by atoms with Gasteiger partial charge in [-0.1, -0.05) is 0 Å². The molecule has 2 aromatic rings. The third-order valence-electron chi connectivity index (χ3n) is 1.95. The fourth-order valence-electron chi connectivity index (χ4n) is 1.18. The van der Waals surface area contributed by atoms with Crippen molar-refractivity contribution in [2.45, 2.75) is 0 Å². The fraction of sp³-hybridized carbons (Fsp3) is 0. The second-order valence-corrected chi connectivity index (χ2v) is 2.86. The molecule has 0 aromatic carbocycles. The highest BCUT2D eigenvalue weighted by atomic mass is 16.2. The Morgan fingerprint density at radius 1 is 1.67 bits per heavy atom. The van der Waals surface area contributed by atoms with Crippen LogP contribution in [0, 0.1) is 11.3 Å². The first-order valence-corrected chi connectivity index (χ1v) is 4.15. The van der Waals surface area contributed by atoms with Crippen LogP contribution in [-0.2, 0) is 0 Å². The maximum atomic E-state index is 11.7. The van der Waals surface area contributed by atoms with Gasteiger partial charge in [0.1, 0.15) is 23.1 Å². The number of H-pyrrole nitrogens is 1. The van der Waals surface area contributed by atoms with E-state index in [-0.39, 0.29) is 17.3 Å². The van der Waals surface area contributed by atoms with E-state index in [1.54, 1.807) is 18.3 Å². The lowest BCUT2D eigenvalue weighted by molar-refractivity contribution is 0.0943. The molecule has 0 fully saturated rings. The molecule has 2 heterocycles. The zero-order chi connectivity index (χ0) is 10.8. The average molecular weight is 201 g/mol. The zero-order valence-corrected chi connectivity index (χ0v) is 7.64. The minimum atomic E-state index is -0.390. The van der Waals surface area contributed by atoms with Gasteiger partial charge in [-0.15, -0.1) is 0 Å². The van der Waals surface area contributed by atoms with Crippen molar-refractivity contribution in [3.05, 3.63) is 35.8 Å². The Balaban J connectivity index is 2.44. The molecule has 15 heavy (non-hydrogen) atoms. The molecule has 6 heteroatoms. The number of aromatic nitrogens is 3. The average Bonchev–Trinajstić information content (AvgIpc) is 2.85. The number of hydrogen-bond donors (Lipinski definition) is 2. The van der Waals surface area contributed by atoms with Crippen LogP contribution in [0.25, 0.3) is 0 Å². The largest absolute Gasteiger partial charge is 0.382 e. The van der Waals surface area contributed by atoms with Crippen LogP contribution in [-0.4, -0.2) is 20.7 Å². The number of rotatable bonds is 1. The van der Waals surface area contributed by atoms with E-state index < -0.39 is 0 Å². The molecule has 0 aliphatic carbocycles. The van der Waals surface area contributed by atoms with Gasteiger partial charge < -0.3 is 10.7 Å². The summed E-state index contributed by atoms with van der Waals surface area (Å²) in [5, 5.41) is 12.4. The third-order valence-corrected chi connectivity index (χ3v) is 1.95. The second kappa shape index (κ2) is 3.31. The monoisotopic (exact) mass is 201 g/mol. The maximum absolute atomic E-state index is 11.7. The Labute approximate surface area is 84.9 Å². The molecule has 0 spiro atoms. The molecule has 0 atom stereocenters. The highest BCUT2D eigenvalue weighted by Gasteiger charge is 2.15. The van der Waals surface area contributed by atoms with Gasteiger partial charge in [0, 0.05) is 6.20 Å². The number of hydrogen-bond acceptors (Lipinski definition) is 4. The standard InChI is InChI=1S/C9H7N5O/c10-4-6-5-13-14(8(6)11)9(15)7-2-1-3-12-7/h1-3,5,12H,11H2. The minimum absolute atomic E-state index is 0.0529. The number of nitrogens with zero attached hydrogens (tertiary/aromatic N) is 3. The van der Waals surface area contributed by atoms with Crippen LogP contribution in [0.3, 0.4) is 0 Å². The summed E-state index contributed by atoms with van der Waals surface area (Å²) in [6.07, 6.45) is 2.88. The highest BCUT2D eigenvalue weighted by molar-refractivity contribution is 5.95. The molecular weight excluding hydrogens is 194 g/mol. The summed E-state index contributed by atoms with van der Waals surface area (Å²) in [5.41, 5.74) is 6.12. The maximum Gasteiger partial charge on any atom is 0.296 e. The predicted molar refractivity (Wildman–Crippen MR) is 51.9 cm³/mol. The molecule has 0 aliphatic heterocycles. The van der Waals surface area contributed by atoms with Crippen molar-refractivity contribution in [3.63, 3.8) is 0 Å². The van der Waals surface area contributed by atoms with E-state index in [1.165, 1.54) is 6.20 Å². The smallest absolute Gasteiger partial charge is 0.296 e. The Morgan fingerprint density at radius 3 is 3.00 bits per heavy atom. The van der Waals surface area contributed by atoms with Gasteiger partial charge >= 0.3 is 0 Å². The SMILES string of the molecule is N#Cc1cnn(C(=O)c2ccc[nH]2)c1N. The van der Waals surface area contributed by atoms with Gasteiger partial charge in [-0.3, -0.25) is 4.79 Å². The molecule has 0 aliphatic rings. The number of nitrogens with two attached hydrogens (primary N) is 1. The van der Waals surface area contributed by atoms with E-state index >= 15 is 0 Å². The summed E-state index contributed by atoms with van der Waals surface area (Å²) in [7, 11) is 0. The lowest BCUT2D eigenvalue weighted by Crippen LogP contribution is -2.16. The minimum Gasteiger partial charge on any atom is -0.382 e. The molecule has 0 unspecified atom stereocenters. The predicted octanol–water partition coefficient (Wildman–Crippen LogP) is 0.354. The zero-order valence-electron chi connectivity index (χ0n) is 7.64. The van der Waals surface area contributed by atoms with Crippen LogP contribution in [0.2, 0.25) is 0 Å². The van der Waals surface area contributed by atoms with Gasteiger partial charge in [0.05, 0.1) is 6.20 Å². The van der Waals surface area contributed by atoms with Gasteiger partial charge in [-0.25, -0.2) is 0 Å². The molecule has 0 saturated heterocycles. The van der Waals surface area contributed by atoms with Crippen molar-refractivity contribution in [1.29, 1.82) is 5.26 Å². The Hall–Kier alpha value is -2.55. The summed E-state index contributed by atoms with van der Waals surface area (Å²) in [5.74, 6) is -0.337. The van der Waals surface area contributed by atoms with Crippen LogP contribution in [0.4, 0.5) is 5.82 Å². The van der Waals surface area contributed by atoms with E-state index in [4.69, 9.17) is 11.0 Å². The number of carbonyl (C=O) groups excluding carboxylic acids is 1. The number of nitrogens with one attached hydrogen (secondary N) is 1. The first-order chi connectivity index (χ1) is 7.24. The van der Waals surface area contributed by atoms with E-state index in [9.17, 15) is 4.79 Å². The quantitative estimate of drug-likeness (QED) is 0.695. The van der Waals surface area contributed by atoms with Crippen molar-refractivity contribution in [1.82, 2.24) is 14.8 Å². The highest BCUT2D eigenvalue weighted by Crippen LogP contribution is 2.10. The van der Waals surface area contributed by atoms with Crippen LogP contribution in [0.1, 0.15) is 16.1 Å². The molecular formula is C9H7N5O. The van der Waals surface area contributed by atoms with Gasteiger partial charge in [-0.2, -0.15) is 15.0 Å². The molecule has 2 rings (SSSR count). The number of nitrogen functional groups attached to an aromatic ring is 1. The number of aromatic amines is 1. The normalized spacial score (nSPS) is 9.80. The molecule has 6 nitrogen and oxygen atoms in total. The van der Waals surface area contributed by atoms with Crippen molar-refractivity contribution >= 4 is 11.7 Å². The van der Waals surface area contributed by atoms with Gasteiger partial charge in [-0.05, 0) is 12.1 Å². The Bertz CT molecular complexity index is 531. The summed E-state index contributed by atoms with van der Waals surface area (Å²) in [6, 6.07) is 5.14. The first-order valence-electron chi connectivity index (χ1n) is 4.15. The molecule has 74 valence electrons. The van der Waals surface area contributed by atoms with E-state index in [1.807, 2.05) is 6.07 Å². The molecule has 0 saturated carbocycles. The summed E-state index contributed by atoms with van der Waals surface area (Å²) < 4.78 is 0.990. The van der Waals surface area contributed by atoms with Crippen LogP contribution in [0.5, 0.6) is 0 Å². The van der Waals surface area contributed by atoms with Gasteiger partial charge in [0.25, 0.3) is 5.91 Å². The molecule has 2 aromatic heterocycles. The number of nitriles is 1. The van der Waals surface area contributed by atoms with Crippen LogP contribution < -0.4 is 5.73 Å². The lowest BCUT2D eigenvalue weighted by Gasteiger charge is -1.99. The third kappa shape index (κ3) is 1.36. The van der Waals surface area contributed by atoms with Crippen molar-refractivity contribution in [3.8, 4) is 6.07 Å². The molecule has 0 bridgehead atoms. The van der Waals surface area contributed by atoms with Crippen LogP contribution in [0.15, 0.2) is 24.5 Å². The van der Waals surface area contributed by atoms with Crippen LogP contribution >= 0.6 is 0 Å². The molecule has 3 N–H and O–H groups in total. The van der Waals surface area contributed by atoms with Crippen molar-refractivity contribution in [2.75, 3.05) is 5.73 Å². The fourth-order valence-corrected chi connectivity index (χ4v) is 1.18. The summed E-state index contributed by atoms with van der Waals surface area (Å²) in [6.45, 7) is 0. The van der Waals surface area contributed by atoms with E-state index in [2.05, 4.69) is 10.1 Å². The summed E-state index contributed by atoms with van der Waals surface area (Å²) in [4.78, 5) is 14.5. The van der Waals surface area contributed by atoms with E-state index in [0.29, 0.717) is 5.69 Å². The van der Waals surface area contributed by atoms with E-state index in [0.717, 1.165) is 4.68 Å². The van der Waals surface area contributed by atoms with Gasteiger partial charge in [0.2, 0.25) is 0 Å². The Morgan fingerprint density at radius 2 is 2.47 bits per heavy atom. The van der Waals surface area contributed by atoms with Gasteiger partial charge in [0.15, 0.2) is 0 Å². The summed E-state index contributed by atoms with van der Waals surface area (Å²) >= 11 is 0. The number of carbonyl (C=O) groups is 1. The number of anilines is 1.